The topological polar surface area (TPSA) is 90.4 Å². The van der Waals surface area contributed by atoms with Crippen LogP contribution in [0.5, 0.6) is 11.5 Å². The molecule has 2 aliphatic heterocycles. The Morgan fingerprint density at radius 3 is 2.75 bits per heavy atom. The Hall–Kier alpha value is -3.83. The van der Waals surface area contributed by atoms with Gasteiger partial charge in [-0.05, 0) is 56.9 Å². The van der Waals surface area contributed by atoms with E-state index in [1.54, 1.807) is 51.2 Å². The highest BCUT2D eigenvalue weighted by Gasteiger charge is 2.40. The van der Waals surface area contributed by atoms with Crippen LogP contribution in [0, 0.1) is 12.7 Å². The molecule has 5 rings (SSSR count). The number of hydrogen-bond donors (Lipinski definition) is 2. The highest BCUT2D eigenvalue weighted by atomic mass is 19.1. The van der Waals surface area contributed by atoms with E-state index < -0.39 is 12.9 Å². The Morgan fingerprint density at radius 2 is 2.02 bits per heavy atom. The van der Waals surface area contributed by atoms with Crippen molar-refractivity contribution in [3.63, 3.8) is 0 Å². The van der Waals surface area contributed by atoms with Crippen molar-refractivity contribution in [1.29, 1.82) is 0 Å². The van der Waals surface area contributed by atoms with Crippen molar-refractivity contribution in [1.82, 2.24) is 9.79 Å². The molecular weight excluding hydrogens is 512 g/mol. The smallest absolute Gasteiger partial charge is 0.376 e. The maximum atomic E-state index is 15.1. The summed E-state index contributed by atoms with van der Waals surface area (Å²) in [5.41, 5.74) is 3.46. The molecular formula is C29H35BFN5O4. The van der Waals surface area contributed by atoms with Crippen molar-refractivity contribution >= 4 is 30.3 Å². The fourth-order valence-electron chi connectivity index (χ4n) is 5.60. The van der Waals surface area contributed by atoms with Gasteiger partial charge >= 0.3 is 13.1 Å². The lowest BCUT2D eigenvalue weighted by molar-refractivity contribution is 0.236. The van der Waals surface area contributed by atoms with Crippen molar-refractivity contribution in [2.45, 2.75) is 45.7 Å². The number of amides is 2. The first kappa shape index (κ1) is 27.7. The van der Waals surface area contributed by atoms with E-state index >= 15 is 4.39 Å². The maximum absolute atomic E-state index is 15.1. The van der Waals surface area contributed by atoms with Gasteiger partial charge in [0, 0.05) is 42.5 Å². The molecule has 2 aromatic carbocycles. The average Bonchev–Trinajstić information content (AvgIpc) is 2.96. The summed E-state index contributed by atoms with van der Waals surface area (Å²) >= 11 is 0. The molecule has 40 heavy (non-hydrogen) atoms. The largest absolute Gasteiger partial charge is 0.497 e. The molecule has 1 aromatic heterocycles. The van der Waals surface area contributed by atoms with Gasteiger partial charge in [0.05, 0.1) is 38.2 Å². The van der Waals surface area contributed by atoms with Crippen molar-refractivity contribution in [2.24, 2.45) is 0 Å². The summed E-state index contributed by atoms with van der Waals surface area (Å²) in [6.45, 7) is 5.47. The molecule has 2 amide bonds. The monoisotopic (exact) mass is 547 g/mol. The van der Waals surface area contributed by atoms with Gasteiger partial charge in [-0.2, -0.15) is 0 Å². The second kappa shape index (κ2) is 11.7. The summed E-state index contributed by atoms with van der Waals surface area (Å²) in [4.78, 5) is 24.0. The zero-order valence-electron chi connectivity index (χ0n) is 23.4. The number of para-hydroxylation sites is 1. The molecule has 210 valence electrons. The summed E-state index contributed by atoms with van der Waals surface area (Å²) in [5, 5.41) is 13.6. The number of aromatic nitrogens is 1. The minimum atomic E-state index is -0.624. The number of urea groups is 1. The van der Waals surface area contributed by atoms with E-state index in [0.29, 0.717) is 36.0 Å². The summed E-state index contributed by atoms with van der Waals surface area (Å²) < 4.78 is 25.9. The van der Waals surface area contributed by atoms with Crippen LogP contribution in [0.25, 0.3) is 0 Å². The lowest BCUT2D eigenvalue weighted by atomic mass is 9.81. The van der Waals surface area contributed by atoms with Crippen LogP contribution in [-0.2, 0) is 13.1 Å². The molecule has 1 atom stereocenters. The molecule has 0 saturated carbocycles. The van der Waals surface area contributed by atoms with Crippen LogP contribution in [-0.4, -0.2) is 61.3 Å². The number of methoxy groups -OCH3 is 2. The van der Waals surface area contributed by atoms with E-state index in [2.05, 4.69) is 10.3 Å². The number of rotatable bonds is 8. The number of anilines is 3. The molecule has 11 heteroatoms. The lowest BCUT2D eigenvalue weighted by Gasteiger charge is -2.45. The zero-order valence-corrected chi connectivity index (χ0v) is 23.4. The molecule has 3 aromatic rings. The van der Waals surface area contributed by atoms with Gasteiger partial charge in [0.2, 0.25) is 0 Å². The van der Waals surface area contributed by atoms with Gasteiger partial charge in [-0.1, -0.05) is 12.1 Å². The standard InChI is InChI=1S/C29H35BFN5O4/c1-19-7-5-9-24(31)28(19)35-17-21-16-33-27(32-15-20-10-11-23(39-3)13-26(20)40-4)14-25(21)36(29(35)37)22-8-6-12-34(18-22)30(2)38/h5,7,9-11,13-14,16,22,38H,6,8,12,15,17-18H2,1-4H3,(H,32,33)/t22-/m0/s1. The Labute approximate surface area is 234 Å². The second-order valence-electron chi connectivity index (χ2n) is 10.3. The van der Waals surface area contributed by atoms with Crippen molar-refractivity contribution in [3.8, 4) is 11.5 Å². The van der Waals surface area contributed by atoms with Crippen LogP contribution < -0.4 is 24.6 Å². The lowest BCUT2D eigenvalue weighted by Crippen LogP contribution is -2.58. The third kappa shape index (κ3) is 5.44. The average molecular weight is 547 g/mol. The maximum Gasteiger partial charge on any atom is 0.376 e. The molecule has 3 heterocycles. The molecule has 9 nitrogen and oxygen atoms in total. The van der Waals surface area contributed by atoms with Crippen molar-refractivity contribution in [3.05, 3.63) is 71.2 Å². The van der Waals surface area contributed by atoms with Crippen molar-refractivity contribution in [2.75, 3.05) is 42.4 Å². The molecule has 1 fully saturated rings. The van der Waals surface area contributed by atoms with Gasteiger partial charge in [-0.15, -0.1) is 0 Å². The molecule has 2 N–H and O–H groups in total. The first-order chi connectivity index (χ1) is 19.3. The number of carbonyl (C=O) groups excluding carboxylic acids is 1. The Balaban J connectivity index is 1.49. The normalized spacial score (nSPS) is 17.4. The SMILES string of the molecule is COc1ccc(CNc2cc3c(cn2)CN(c2c(C)cccc2F)C(=O)N3[C@H]2CCCN(B(C)O)C2)c(OC)c1. The number of aryl methyl sites for hydroxylation is 1. The van der Waals surface area contributed by atoms with E-state index in [9.17, 15) is 9.82 Å². The Bertz CT molecular complexity index is 1370. The molecule has 0 radical (unpaired) electrons. The van der Waals surface area contributed by atoms with Crippen LogP contribution >= 0.6 is 0 Å². The van der Waals surface area contributed by atoms with E-state index in [1.165, 1.54) is 11.0 Å². The van der Waals surface area contributed by atoms with Crippen LogP contribution in [0.2, 0.25) is 6.82 Å². The van der Waals surface area contributed by atoms with E-state index in [1.807, 2.05) is 29.1 Å². The van der Waals surface area contributed by atoms with E-state index in [4.69, 9.17) is 9.47 Å². The highest BCUT2D eigenvalue weighted by Crippen LogP contribution is 2.38. The first-order valence-electron chi connectivity index (χ1n) is 13.5. The quantitative estimate of drug-likeness (QED) is 0.396. The fraction of sp³-hybridized carbons (Fsp3) is 0.379. The van der Waals surface area contributed by atoms with Crippen LogP contribution in [0.4, 0.5) is 26.4 Å². The minimum Gasteiger partial charge on any atom is -0.497 e. The summed E-state index contributed by atoms with van der Waals surface area (Å²) in [6.07, 6.45) is 3.36. The number of ether oxygens (including phenoxy) is 2. The number of hydrogen-bond acceptors (Lipinski definition) is 7. The molecule has 2 aliphatic rings. The number of fused-ring (bicyclic) bond motifs is 1. The third-order valence-electron chi connectivity index (χ3n) is 7.72. The first-order valence-corrected chi connectivity index (χ1v) is 13.5. The van der Waals surface area contributed by atoms with Gasteiger partial charge in [0.25, 0.3) is 0 Å². The van der Waals surface area contributed by atoms with Gasteiger partial charge in [0.1, 0.15) is 23.1 Å². The predicted molar refractivity (Wildman–Crippen MR) is 155 cm³/mol. The summed E-state index contributed by atoms with van der Waals surface area (Å²) in [7, 11) is 2.60. The number of pyridine rings is 1. The molecule has 1 saturated heterocycles. The van der Waals surface area contributed by atoms with Crippen molar-refractivity contribution < 1.29 is 23.7 Å². The van der Waals surface area contributed by atoms with Crippen LogP contribution in [0.1, 0.15) is 29.5 Å². The second-order valence-corrected chi connectivity index (χ2v) is 10.3. The van der Waals surface area contributed by atoms with Gasteiger partial charge in [-0.25, -0.2) is 14.2 Å². The van der Waals surface area contributed by atoms with Gasteiger partial charge in [0.15, 0.2) is 0 Å². The molecule has 0 unspecified atom stereocenters. The summed E-state index contributed by atoms with van der Waals surface area (Å²) in [6, 6.07) is 11.9. The highest BCUT2D eigenvalue weighted by molar-refractivity contribution is 6.45. The summed E-state index contributed by atoms with van der Waals surface area (Å²) in [5.74, 6) is 1.56. The molecule has 0 bridgehead atoms. The number of nitrogens with zero attached hydrogens (tertiary/aromatic N) is 4. The van der Waals surface area contributed by atoms with E-state index in [-0.39, 0.29) is 24.3 Å². The minimum absolute atomic E-state index is 0.193. The predicted octanol–water partition coefficient (Wildman–Crippen LogP) is 4.68. The number of nitrogens with one attached hydrogen (secondary N) is 1. The van der Waals surface area contributed by atoms with Crippen LogP contribution in [0.15, 0.2) is 48.7 Å². The number of halogens is 1. The van der Waals surface area contributed by atoms with E-state index in [0.717, 1.165) is 36.2 Å². The van der Waals surface area contributed by atoms with Gasteiger partial charge < -0.3 is 24.6 Å². The third-order valence-corrected chi connectivity index (χ3v) is 7.72. The Kier molecular flexibility index (Phi) is 8.13. The number of benzene rings is 2. The fourth-order valence-corrected chi connectivity index (χ4v) is 5.60. The Morgan fingerprint density at radius 1 is 1.20 bits per heavy atom. The molecule has 0 aliphatic carbocycles. The van der Waals surface area contributed by atoms with Gasteiger partial charge in [-0.3, -0.25) is 9.80 Å². The van der Waals surface area contributed by atoms with Crippen LogP contribution in [0.3, 0.4) is 0 Å². The zero-order chi connectivity index (χ0) is 28.4. The molecule has 0 spiro atoms. The number of piperidine rings is 1. The number of carbonyl (C=O) groups is 1.